The van der Waals surface area contributed by atoms with E-state index in [2.05, 4.69) is 4.74 Å². The molecular weight excluding hydrogens is 354 g/mol. The molecule has 1 aromatic rings. The Labute approximate surface area is 110 Å². The third-order valence-corrected chi connectivity index (χ3v) is 4.30. The third-order valence-electron chi connectivity index (χ3n) is 1.83. The number of halogens is 3. The van der Waals surface area contributed by atoms with Crippen molar-refractivity contribution in [3.63, 3.8) is 0 Å². The van der Waals surface area contributed by atoms with Crippen molar-refractivity contribution in [2.24, 2.45) is 0 Å². The van der Waals surface area contributed by atoms with Gasteiger partial charge in [0.05, 0.1) is 32.9 Å². The molecule has 0 saturated heterocycles. The molecule has 0 amide bonds. The Kier molecular flexibility index (Phi) is 4.64. The summed E-state index contributed by atoms with van der Waals surface area (Å²) in [5.74, 6) is -0.570. The highest BCUT2D eigenvalue weighted by atomic mass is 127. The van der Waals surface area contributed by atoms with Gasteiger partial charge in [0.25, 0.3) is 0 Å². The Morgan fingerprint density at radius 1 is 1.60 bits per heavy atom. The number of aliphatic hydroxyl groups excluding tert-OH is 1. The molecule has 82 valence electrons. The van der Waals surface area contributed by atoms with E-state index in [4.69, 9.17) is 28.3 Å². The molecule has 0 fully saturated rings. The molecule has 1 N–H and O–H groups in total. The van der Waals surface area contributed by atoms with Gasteiger partial charge in [-0.15, -0.1) is 0 Å². The van der Waals surface area contributed by atoms with Gasteiger partial charge in [-0.05, 0) is 28.7 Å². The van der Waals surface area contributed by atoms with Crippen LogP contribution < -0.4 is 0 Å². The molecule has 0 aliphatic carbocycles. The smallest absolute Gasteiger partial charge is 0.338 e. The molecule has 0 heterocycles. The van der Waals surface area contributed by atoms with Crippen LogP contribution in [0.25, 0.3) is 0 Å². The predicted octanol–water partition coefficient (Wildman–Crippen LogP) is 2.88. The van der Waals surface area contributed by atoms with Crippen molar-refractivity contribution >= 4 is 51.8 Å². The summed E-state index contributed by atoms with van der Waals surface area (Å²) in [7, 11) is 1.25. The maximum atomic E-state index is 11.4. The van der Waals surface area contributed by atoms with E-state index in [1.165, 1.54) is 13.2 Å². The summed E-state index contributed by atoms with van der Waals surface area (Å²) in [6.07, 6.45) is 0. The second-order valence-electron chi connectivity index (χ2n) is 2.66. The van der Waals surface area contributed by atoms with Crippen LogP contribution >= 0.6 is 45.8 Å². The average molecular weight is 361 g/mol. The van der Waals surface area contributed by atoms with Crippen LogP contribution in [0.3, 0.4) is 0 Å². The van der Waals surface area contributed by atoms with Gasteiger partial charge in [0.15, 0.2) is 0 Å². The molecular formula is C9H7Cl2IO3. The third kappa shape index (κ3) is 2.55. The Morgan fingerprint density at radius 2 is 2.20 bits per heavy atom. The second kappa shape index (κ2) is 5.34. The lowest BCUT2D eigenvalue weighted by atomic mass is 10.1. The summed E-state index contributed by atoms with van der Waals surface area (Å²) in [4.78, 5) is 11.4. The fourth-order valence-corrected chi connectivity index (χ4v) is 2.08. The van der Waals surface area contributed by atoms with Gasteiger partial charge in [0.2, 0.25) is 0 Å². The van der Waals surface area contributed by atoms with Gasteiger partial charge < -0.3 is 9.84 Å². The van der Waals surface area contributed by atoms with E-state index in [0.29, 0.717) is 14.2 Å². The quantitative estimate of drug-likeness (QED) is 0.501. The van der Waals surface area contributed by atoms with Gasteiger partial charge in [-0.1, -0.05) is 23.2 Å². The topological polar surface area (TPSA) is 46.5 Å². The van der Waals surface area contributed by atoms with Crippen LogP contribution in [0.15, 0.2) is 6.07 Å². The Balaban J connectivity index is 3.45. The maximum Gasteiger partial charge on any atom is 0.338 e. The number of hydrogen-bond acceptors (Lipinski definition) is 3. The minimum atomic E-state index is -0.570. The average Bonchev–Trinajstić information content (AvgIpc) is 2.24. The number of hydrogen-bond donors (Lipinski definition) is 1. The normalized spacial score (nSPS) is 10.2. The summed E-state index contributed by atoms with van der Waals surface area (Å²) in [5.41, 5.74) is 0.521. The Bertz CT molecular complexity index is 407. The SMILES string of the molecule is COC(=O)c1cc(Cl)c(I)c(Cl)c1CO. The number of carbonyl (C=O) groups excluding carboxylic acids is 1. The van der Waals surface area contributed by atoms with E-state index in [9.17, 15) is 4.79 Å². The number of esters is 1. The van der Waals surface area contributed by atoms with Gasteiger partial charge >= 0.3 is 5.97 Å². The van der Waals surface area contributed by atoms with Crippen LogP contribution in [0, 0.1) is 3.57 Å². The van der Waals surface area contributed by atoms with Gasteiger partial charge in [-0.2, -0.15) is 0 Å². The molecule has 15 heavy (non-hydrogen) atoms. The molecule has 0 aromatic heterocycles. The van der Waals surface area contributed by atoms with Crippen molar-refractivity contribution in [3.05, 3.63) is 30.8 Å². The zero-order valence-corrected chi connectivity index (χ0v) is 11.4. The molecule has 1 aromatic carbocycles. The highest BCUT2D eigenvalue weighted by molar-refractivity contribution is 14.1. The van der Waals surface area contributed by atoms with Crippen LogP contribution in [-0.4, -0.2) is 18.2 Å². The molecule has 3 nitrogen and oxygen atoms in total. The van der Waals surface area contributed by atoms with E-state index < -0.39 is 5.97 Å². The largest absolute Gasteiger partial charge is 0.465 e. The van der Waals surface area contributed by atoms with Crippen molar-refractivity contribution in [1.82, 2.24) is 0 Å². The van der Waals surface area contributed by atoms with E-state index >= 15 is 0 Å². The summed E-state index contributed by atoms with van der Waals surface area (Å²) in [5, 5.41) is 9.76. The number of rotatable bonds is 2. The minimum Gasteiger partial charge on any atom is -0.465 e. The van der Waals surface area contributed by atoms with Crippen molar-refractivity contribution in [1.29, 1.82) is 0 Å². The van der Waals surface area contributed by atoms with E-state index in [1.807, 2.05) is 22.6 Å². The number of methoxy groups -OCH3 is 1. The second-order valence-corrected chi connectivity index (χ2v) is 4.53. The molecule has 1 rings (SSSR count). The van der Waals surface area contributed by atoms with Crippen LogP contribution in [0.4, 0.5) is 0 Å². The summed E-state index contributed by atoms with van der Waals surface area (Å²) >= 11 is 13.8. The first-order chi connectivity index (χ1) is 7.02. The molecule has 0 unspecified atom stereocenters. The standard InChI is InChI=1S/C9H7Cl2IO3/c1-15-9(14)4-2-6(10)8(12)7(11)5(4)3-13/h2,13H,3H2,1H3. The summed E-state index contributed by atoms with van der Waals surface area (Å²) < 4.78 is 5.16. The molecule has 0 spiro atoms. The van der Waals surface area contributed by atoms with E-state index in [1.54, 1.807) is 0 Å². The minimum absolute atomic E-state index is 0.190. The fraction of sp³-hybridized carbons (Fsp3) is 0.222. The van der Waals surface area contributed by atoms with Crippen molar-refractivity contribution < 1.29 is 14.6 Å². The van der Waals surface area contributed by atoms with E-state index in [-0.39, 0.29) is 17.2 Å². The Hall–Kier alpha value is -0.0400. The molecule has 0 saturated carbocycles. The van der Waals surface area contributed by atoms with Gasteiger partial charge in [-0.25, -0.2) is 4.79 Å². The molecule has 0 radical (unpaired) electrons. The van der Waals surface area contributed by atoms with Gasteiger partial charge in [0.1, 0.15) is 0 Å². The molecule has 0 atom stereocenters. The van der Waals surface area contributed by atoms with Crippen LogP contribution in [0.2, 0.25) is 10.0 Å². The zero-order valence-electron chi connectivity index (χ0n) is 7.68. The van der Waals surface area contributed by atoms with Crippen molar-refractivity contribution in [2.45, 2.75) is 6.61 Å². The summed E-state index contributed by atoms with van der Waals surface area (Å²) in [6.45, 7) is -0.337. The molecule has 0 bridgehead atoms. The van der Waals surface area contributed by atoms with Gasteiger partial charge in [0, 0.05) is 5.56 Å². The summed E-state index contributed by atoms with van der Waals surface area (Å²) in [6, 6.07) is 1.44. The van der Waals surface area contributed by atoms with Crippen LogP contribution in [0.5, 0.6) is 0 Å². The van der Waals surface area contributed by atoms with Crippen molar-refractivity contribution in [2.75, 3.05) is 7.11 Å². The lowest BCUT2D eigenvalue weighted by Crippen LogP contribution is -2.07. The highest BCUT2D eigenvalue weighted by Crippen LogP contribution is 2.32. The molecule has 6 heteroatoms. The van der Waals surface area contributed by atoms with E-state index in [0.717, 1.165) is 0 Å². The van der Waals surface area contributed by atoms with Crippen molar-refractivity contribution in [3.8, 4) is 0 Å². The number of aliphatic hydroxyl groups is 1. The lowest BCUT2D eigenvalue weighted by Gasteiger charge is -2.10. The first kappa shape index (κ1) is 13.0. The molecule has 0 aliphatic rings. The van der Waals surface area contributed by atoms with Gasteiger partial charge in [-0.3, -0.25) is 0 Å². The number of carbonyl (C=O) groups is 1. The Morgan fingerprint density at radius 3 is 2.67 bits per heavy atom. The fourth-order valence-electron chi connectivity index (χ4n) is 1.08. The highest BCUT2D eigenvalue weighted by Gasteiger charge is 2.18. The monoisotopic (exact) mass is 360 g/mol. The van der Waals surface area contributed by atoms with Crippen LogP contribution in [-0.2, 0) is 11.3 Å². The van der Waals surface area contributed by atoms with Crippen LogP contribution in [0.1, 0.15) is 15.9 Å². The first-order valence-electron chi connectivity index (χ1n) is 3.88. The number of benzene rings is 1. The lowest BCUT2D eigenvalue weighted by molar-refractivity contribution is 0.0597. The maximum absolute atomic E-state index is 11.4. The molecule has 0 aliphatic heterocycles. The zero-order chi connectivity index (χ0) is 11.6. The number of ether oxygens (including phenoxy) is 1. The first-order valence-corrected chi connectivity index (χ1v) is 5.72. The predicted molar refractivity (Wildman–Crippen MR) is 66.4 cm³/mol.